The van der Waals surface area contributed by atoms with E-state index in [1.54, 1.807) is 12.1 Å². The monoisotopic (exact) mass is 267 g/mol. The van der Waals surface area contributed by atoms with Crippen molar-refractivity contribution in [2.45, 2.75) is 20.0 Å². The van der Waals surface area contributed by atoms with Gasteiger partial charge >= 0.3 is 0 Å². The molecule has 106 valence electrons. The standard InChI is InChI=1S/C15H22FNO2/c1-4-17(9-12(2)3)10-14(18)11-19-15-7-5-13(16)6-8-15/h5-8,14,18H,2,4,9-11H2,1,3H3. The van der Waals surface area contributed by atoms with Crippen molar-refractivity contribution in [1.29, 1.82) is 0 Å². The van der Waals surface area contributed by atoms with Crippen LogP contribution < -0.4 is 4.74 Å². The number of benzene rings is 1. The fourth-order valence-corrected chi connectivity index (χ4v) is 1.76. The maximum atomic E-state index is 12.7. The van der Waals surface area contributed by atoms with Crippen LogP contribution in [-0.2, 0) is 0 Å². The molecule has 1 unspecified atom stereocenters. The van der Waals surface area contributed by atoms with Crippen LogP contribution in [0, 0.1) is 5.82 Å². The van der Waals surface area contributed by atoms with E-state index in [1.165, 1.54) is 12.1 Å². The predicted molar refractivity (Wildman–Crippen MR) is 74.8 cm³/mol. The summed E-state index contributed by atoms with van der Waals surface area (Å²) in [5, 5.41) is 9.91. The molecule has 1 rings (SSSR count). The topological polar surface area (TPSA) is 32.7 Å². The summed E-state index contributed by atoms with van der Waals surface area (Å²) in [6.45, 7) is 10.2. The third-order valence-corrected chi connectivity index (χ3v) is 2.67. The zero-order valence-corrected chi connectivity index (χ0v) is 11.6. The number of aliphatic hydroxyl groups is 1. The second-order valence-corrected chi connectivity index (χ2v) is 4.70. The van der Waals surface area contributed by atoms with Gasteiger partial charge in [-0.15, -0.1) is 0 Å². The molecule has 0 heterocycles. The highest BCUT2D eigenvalue weighted by atomic mass is 19.1. The maximum Gasteiger partial charge on any atom is 0.123 e. The van der Waals surface area contributed by atoms with Crippen LogP contribution in [0.3, 0.4) is 0 Å². The highest BCUT2D eigenvalue weighted by Crippen LogP contribution is 2.11. The normalized spacial score (nSPS) is 12.5. The van der Waals surface area contributed by atoms with E-state index < -0.39 is 6.10 Å². The molecule has 0 amide bonds. The number of halogens is 1. The first-order valence-corrected chi connectivity index (χ1v) is 6.44. The predicted octanol–water partition coefficient (Wildman–Crippen LogP) is 2.46. The second-order valence-electron chi connectivity index (χ2n) is 4.70. The van der Waals surface area contributed by atoms with Crippen LogP contribution in [0.2, 0.25) is 0 Å². The first-order valence-electron chi connectivity index (χ1n) is 6.44. The zero-order valence-electron chi connectivity index (χ0n) is 11.6. The lowest BCUT2D eigenvalue weighted by Gasteiger charge is -2.23. The average Bonchev–Trinajstić information content (AvgIpc) is 2.36. The lowest BCUT2D eigenvalue weighted by Crippen LogP contribution is -2.36. The Balaban J connectivity index is 2.35. The van der Waals surface area contributed by atoms with Gasteiger partial charge in [-0.05, 0) is 37.7 Å². The molecule has 4 heteroatoms. The van der Waals surface area contributed by atoms with Crippen molar-refractivity contribution < 1.29 is 14.2 Å². The minimum atomic E-state index is -0.579. The first kappa shape index (κ1) is 15.7. The summed E-state index contributed by atoms with van der Waals surface area (Å²) >= 11 is 0. The Morgan fingerprint density at radius 2 is 2.05 bits per heavy atom. The molecule has 3 nitrogen and oxygen atoms in total. The van der Waals surface area contributed by atoms with Gasteiger partial charge in [-0.25, -0.2) is 4.39 Å². The maximum absolute atomic E-state index is 12.7. The molecule has 0 aliphatic carbocycles. The average molecular weight is 267 g/mol. The summed E-state index contributed by atoms with van der Waals surface area (Å²) in [5.41, 5.74) is 1.06. The van der Waals surface area contributed by atoms with E-state index in [0.717, 1.165) is 18.7 Å². The molecule has 1 aromatic rings. The van der Waals surface area contributed by atoms with Crippen LogP contribution in [-0.4, -0.2) is 42.4 Å². The van der Waals surface area contributed by atoms with Crippen molar-refractivity contribution in [3.05, 3.63) is 42.2 Å². The fraction of sp³-hybridized carbons (Fsp3) is 0.467. The van der Waals surface area contributed by atoms with Crippen molar-refractivity contribution in [2.75, 3.05) is 26.2 Å². The van der Waals surface area contributed by atoms with Crippen molar-refractivity contribution in [1.82, 2.24) is 4.90 Å². The van der Waals surface area contributed by atoms with Crippen molar-refractivity contribution in [3.8, 4) is 5.75 Å². The van der Waals surface area contributed by atoms with E-state index in [4.69, 9.17) is 4.74 Å². The van der Waals surface area contributed by atoms with Crippen molar-refractivity contribution in [2.24, 2.45) is 0 Å². The molecule has 0 aromatic heterocycles. The van der Waals surface area contributed by atoms with Crippen LogP contribution in [0.15, 0.2) is 36.4 Å². The molecule has 0 radical (unpaired) electrons. The quantitative estimate of drug-likeness (QED) is 0.734. The van der Waals surface area contributed by atoms with Gasteiger partial charge in [0.15, 0.2) is 0 Å². The molecule has 1 aromatic carbocycles. The Labute approximate surface area is 114 Å². The van der Waals surface area contributed by atoms with E-state index in [9.17, 15) is 9.50 Å². The summed E-state index contributed by atoms with van der Waals surface area (Å²) in [4.78, 5) is 2.10. The molecule has 0 saturated heterocycles. The minimum absolute atomic E-state index is 0.193. The third kappa shape index (κ3) is 6.36. The summed E-state index contributed by atoms with van der Waals surface area (Å²) in [6, 6.07) is 5.77. The van der Waals surface area contributed by atoms with Crippen molar-refractivity contribution in [3.63, 3.8) is 0 Å². The lowest BCUT2D eigenvalue weighted by molar-refractivity contribution is 0.0728. The number of likely N-dealkylation sites (N-methyl/N-ethyl adjacent to an activating group) is 1. The fourth-order valence-electron chi connectivity index (χ4n) is 1.76. The van der Waals surface area contributed by atoms with Gasteiger partial charge in [-0.1, -0.05) is 19.1 Å². The number of aliphatic hydroxyl groups excluding tert-OH is 1. The number of hydrogen-bond acceptors (Lipinski definition) is 3. The second kappa shape index (κ2) is 7.92. The summed E-state index contributed by atoms with van der Waals surface area (Å²) < 4.78 is 18.1. The van der Waals surface area contributed by atoms with E-state index in [-0.39, 0.29) is 12.4 Å². The van der Waals surface area contributed by atoms with Gasteiger partial charge in [0.1, 0.15) is 24.3 Å². The largest absolute Gasteiger partial charge is 0.491 e. The molecular formula is C15H22FNO2. The smallest absolute Gasteiger partial charge is 0.123 e. The zero-order chi connectivity index (χ0) is 14.3. The molecule has 0 saturated carbocycles. The highest BCUT2D eigenvalue weighted by Gasteiger charge is 2.11. The minimum Gasteiger partial charge on any atom is -0.491 e. The molecule has 0 spiro atoms. The SMILES string of the molecule is C=C(C)CN(CC)CC(O)COc1ccc(F)cc1. The number of nitrogens with zero attached hydrogens (tertiary/aromatic N) is 1. The van der Waals surface area contributed by atoms with Crippen molar-refractivity contribution >= 4 is 0 Å². The van der Waals surface area contributed by atoms with Gasteiger partial charge in [0.25, 0.3) is 0 Å². The van der Waals surface area contributed by atoms with E-state index in [1.807, 2.05) is 13.8 Å². The lowest BCUT2D eigenvalue weighted by atomic mass is 10.2. The van der Waals surface area contributed by atoms with Crippen LogP contribution in [0.5, 0.6) is 5.75 Å². The molecule has 1 atom stereocenters. The van der Waals surface area contributed by atoms with Crippen LogP contribution in [0.25, 0.3) is 0 Å². The van der Waals surface area contributed by atoms with Crippen LogP contribution >= 0.6 is 0 Å². The molecule has 0 aliphatic heterocycles. The van der Waals surface area contributed by atoms with Crippen LogP contribution in [0.4, 0.5) is 4.39 Å². The Morgan fingerprint density at radius 1 is 1.42 bits per heavy atom. The van der Waals surface area contributed by atoms with Gasteiger partial charge in [0, 0.05) is 13.1 Å². The van der Waals surface area contributed by atoms with Gasteiger partial charge in [0.2, 0.25) is 0 Å². The molecule has 0 bridgehead atoms. The van der Waals surface area contributed by atoms with Gasteiger partial charge in [0.05, 0.1) is 0 Å². The van der Waals surface area contributed by atoms with E-state index in [2.05, 4.69) is 11.5 Å². The Bertz CT molecular complexity index is 392. The molecular weight excluding hydrogens is 245 g/mol. The number of ether oxygens (including phenoxy) is 1. The number of hydrogen-bond donors (Lipinski definition) is 1. The van der Waals surface area contributed by atoms with Crippen LogP contribution in [0.1, 0.15) is 13.8 Å². The van der Waals surface area contributed by atoms with E-state index >= 15 is 0 Å². The number of rotatable bonds is 8. The van der Waals surface area contributed by atoms with Gasteiger partial charge in [-0.3, -0.25) is 4.90 Å². The van der Waals surface area contributed by atoms with Gasteiger partial charge in [-0.2, -0.15) is 0 Å². The molecule has 0 fully saturated rings. The van der Waals surface area contributed by atoms with E-state index in [0.29, 0.717) is 12.3 Å². The Kier molecular flexibility index (Phi) is 6.53. The first-order chi connectivity index (χ1) is 9.01. The Morgan fingerprint density at radius 3 is 2.58 bits per heavy atom. The van der Waals surface area contributed by atoms with Gasteiger partial charge < -0.3 is 9.84 Å². The summed E-state index contributed by atoms with van der Waals surface area (Å²) in [7, 11) is 0. The summed E-state index contributed by atoms with van der Waals surface area (Å²) in [6.07, 6.45) is -0.579. The molecule has 19 heavy (non-hydrogen) atoms. The molecule has 0 aliphatic rings. The molecule has 1 N–H and O–H groups in total. The third-order valence-electron chi connectivity index (χ3n) is 2.67. The highest BCUT2D eigenvalue weighted by molar-refractivity contribution is 5.22. The Hall–Kier alpha value is -1.39. The summed E-state index contributed by atoms with van der Waals surface area (Å²) in [5.74, 6) is 0.259.